The summed E-state index contributed by atoms with van der Waals surface area (Å²) in [5.41, 5.74) is 1.18. The van der Waals surface area contributed by atoms with Crippen LogP contribution in [-0.2, 0) is 4.74 Å². The van der Waals surface area contributed by atoms with Gasteiger partial charge in [0.25, 0.3) is 0 Å². The highest BCUT2D eigenvalue weighted by molar-refractivity contribution is 7.80. The second-order valence-corrected chi connectivity index (χ2v) is 4.50. The quantitative estimate of drug-likeness (QED) is 0.769. The van der Waals surface area contributed by atoms with E-state index in [4.69, 9.17) is 4.74 Å². The molecule has 0 radical (unpaired) electrons. The Kier molecular flexibility index (Phi) is 3.92. The van der Waals surface area contributed by atoms with Gasteiger partial charge in [-0.3, -0.25) is 0 Å². The molecule has 82 valence electrons. The van der Waals surface area contributed by atoms with Crippen LogP contribution in [0, 0.1) is 5.92 Å². The summed E-state index contributed by atoms with van der Waals surface area (Å²) in [5.74, 6) is 0.759. The second-order valence-electron chi connectivity index (χ2n) is 3.98. The van der Waals surface area contributed by atoms with Gasteiger partial charge in [-0.25, -0.2) is 0 Å². The largest absolute Gasteiger partial charge is 0.385 e. The summed E-state index contributed by atoms with van der Waals surface area (Å²) in [6.07, 6.45) is 2.36. The maximum Gasteiger partial charge on any atom is 0.0469 e. The molecule has 0 aromatic heterocycles. The van der Waals surface area contributed by atoms with E-state index in [1.807, 2.05) is 12.1 Å². The van der Waals surface area contributed by atoms with E-state index >= 15 is 0 Å². The summed E-state index contributed by atoms with van der Waals surface area (Å²) in [7, 11) is 0. The zero-order valence-electron chi connectivity index (χ0n) is 8.78. The third-order valence-electron chi connectivity index (χ3n) is 2.80. The van der Waals surface area contributed by atoms with Crippen LogP contribution < -0.4 is 5.32 Å². The highest BCUT2D eigenvalue weighted by Crippen LogP contribution is 2.17. The van der Waals surface area contributed by atoms with Gasteiger partial charge < -0.3 is 10.1 Å². The molecule has 0 saturated carbocycles. The number of hydrogen-bond acceptors (Lipinski definition) is 3. The Labute approximate surface area is 96.4 Å². The molecule has 0 unspecified atom stereocenters. The van der Waals surface area contributed by atoms with Gasteiger partial charge in [0.05, 0.1) is 0 Å². The lowest BCUT2D eigenvalue weighted by molar-refractivity contribution is 0.0699. The van der Waals surface area contributed by atoms with E-state index in [0.29, 0.717) is 0 Å². The molecule has 1 aliphatic rings. The smallest absolute Gasteiger partial charge is 0.0469 e. The molecular weight excluding hydrogens is 206 g/mol. The SMILES string of the molecule is Sc1ccc(NCC2CCOCC2)cc1. The van der Waals surface area contributed by atoms with Crippen molar-refractivity contribution in [3.8, 4) is 0 Å². The lowest BCUT2D eigenvalue weighted by Crippen LogP contribution is -2.22. The normalized spacial score (nSPS) is 17.7. The van der Waals surface area contributed by atoms with E-state index in [1.165, 1.54) is 18.5 Å². The molecule has 2 rings (SSSR count). The van der Waals surface area contributed by atoms with Crippen molar-refractivity contribution in [2.45, 2.75) is 17.7 Å². The van der Waals surface area contributed by atoms with Gasteiger partial charge in [0.1, 0.15) is 0 Å². The average molecular weight is 223 g/mol. The fraction of sp³-hybridized carbons (Fsp3) is 0.500. The molecule has 1 aromatic rings. The summed E-state index contributed by atoms with van der Waals surface area (Å²) in [4.78, 5) is 1.01. The first kappa shape index (κ1) is 10.8. The molecule has 1 N–H and O–H groups in total. The minimum Gasteiger partial charge on any atom is -0.385 e. The van der Waals surface area contributed by atoms with Crippen molar-refractivity contribution >= 4 is 18.3 Å². The molecule has 3 heteroatoms. The summed E-state index contributed by atoms with van der Waals surface area (Å²) in [6.45, 7) is 2.89. The lowest BCUT2D eigenvalue weighted by Gasteiger charge is -2.22. The fourth-order valence-electron chi connectivity index (χ4n) is 1.79. The van der Waals surface area contributed by atoms with E-state index < -0.39 is 0 Å². The van der Waals surface area contributed by atoms with Gasteiger partial charge in [0.2, 0.25) is 0 Å². The Balaban J connectivity index is 1.79. The van der Waals surface area contributed by atoms with Crippen LogP contribution in [0.15, 0.2) is 29.2 Å². The Morgan fingerprint density at radius 3 is 2.53 bits per heavy atom. The zero-order valence-corrected chi connectivity index (χ0v) is 9.67. The van der Waals surface area contributed by atoms with Crippen LogP contribution in [0.5, 0.6) is 0 Å². The van der Waals surface area contributed by atoms with Crippen LogP contribution in [0.2, 0.25) is 0 Å². The molecule has 1 fully saturated rings. The number of ether oxygens (including phenoxy) is 1. The first-order valence-corrected chi connectivity index (χ1v) is 5.90. The Bertz CT molecular complexity index is 293. The molecule has 1 saturated heterocycles. The molecule has 0 bridgehead atoms. The minimum atomic E-state index is 0.759. The molecule has 2 nitrogen and oxygen atoms in total. The number of anilines is 1. The van der Waals surface area contributed by atoms with Gasteiger partial charge >= 0.3 is 0 Å². The van der Waals surface area contributed by atoms with Crippen molar-refractivity contribution in [3.05, 3.63) is 24.3 Å². The highest BCUT2D eigenvalue weighted by atomic mass is 32.1. The third kappa shape index (κ3) is 3.43. The number of benzene rings is 1. The molecule has 1 heterocycles. The van der Waals surface area contributed by atoms with Crippen molar-refractivity contribution in [2.24, 2.45) is 5.92 Å². The Morgan fingerprint density at radius 2 is 1.87 bits per heavy atom. The zero-order chi connectivity index (χ0) is 10.5. The van der Waals surface area contributed by atoms with Gasteiger partial charge in [-0.2, -0.15) is 0 Å². The van der Waals surface area contributed by atoms with Crippen LogP contribution in [0.25, 0.3) is 0 Å². The van der Waals surface area contributed by atoms with E-state index in [-0.39, 0.29) is 0 Å². The Hall–Kier alpha value is -0.670. The maximum absolute atomic E-state index is 5.33. The first-order valence-electron chi connectivity index (χ1n) is 5.45. The molecule has 1 aromatic carbocycles. The van der Waals surface area contributed by atoms with Gasteiger partial charge in [-0.05, 0) is 43.0 Å². The fourth-order valence-corrected chi connectivity index (χ4v) is 1.94. The van der Waals surface area contributed by atoms with Crippen molar-refractivity contribution in [3.63, 3.8) is 0 Å². The Morgan fingerprint density at radius 1 is 1.20 bits per heavy atom. The van der Waals surface area contributed by atoms with Crippen molar-refractivity contribution in [2.75, 3.05) is 25.1 Å². The van der Waals surface area contributed by atoms with Gasteiger partial charge in [0.15, 0.2) is 0 Å². The van der Waals surface area contributed by atoms with Crippen molar-refractivity contribution in [1.29, 1.82) is 0 Å². The maximum atomic E-state index is 5.33. The van der Waals surface area contributed by atoms with Gasteiger partial charge in [-0.15, -0.1) is 12.6 Å². The summed E-state index contributed by atoms with van der Waals surface area (Å²) in [5, 5.41) is 3.45. The van der Waals surface area contributed by atoms with Crippen LogP contribution >= 0.6 is 12.6 Å². The number of thiol groups is 1. The molecule has 0 amide bonds. The molecular formula is C12H17NOS. The standard InChI is InChI=1S/C12H17NOS/c15-12-3-1-11(2-4-12)13-9-10-5-7-14-8-6-10/h1-4,10,13,15H,5-9H2. The molecule has 0 aliphatic carbocycles. The topological polar surface area (TPSA) is 21.3 Å². The monoisotopic (exact) mass is 223 g/mol. The van der Waals surface area contributed by atoms with Crippen LogP contribution in [0.4, 0.5) is 5.69 Å². The van der Waals surface area contributed by atoms with Crippen LogP contribution in [0.3, 0.4) is 0 Å². The van der Waals surface area contributed by atoms with Gasteiger partial charge in [-0.1, -0.05) is 0 Å². The van der Waals surface area contributed by atoms with E-state index in [2.05, 4.69) is 30.1 Å². The number of hydrogen-bond donors (Lipinski definition) is 2. The summed E-state index contributed by atoms with van der Waals surface area (Å²) in [6, 6.07) is 8.16. The summed E-state index contributed by atoms with van der Waals surface area (Å²) >= 11 is 4.26. The lowest BCUT2D eigenvalue weighted by atomic mass is 10.0. The third-order valence-corrected chi connectivity index (χ3v) is 3.10. The highest BCUT2D eigenvalue weighted by Gasteiger charge is 2.12. The molecule has 0 spiro atoms. The van der Waals surface area contributed by atoms with E-state index in [1.54, 1.807) is 0 Å². The van der Waals surface area contributed by atoms with E-state index in [9.17, 15) is 0 Å². The van der Waals surface area contributed by atoms with E-state index in [0.717, 1.165) is 30.6 Å². The second kappa shape index (κ2) is 5.42. The predicted molar refractivity (Wildman–Crippen MR) is 65.7 cm³/mol. The number of rotatable bonds is 3. The molecule has 1 aliphatic heterocycles. The van der Waals surface area contributed by atoms with Crippen molar-refractivity contribution in [1.82, 2.24) is 0 Å². The molecule has 0 atom stereocenters. The predicted octanol–water partition coefficient (Wildman–Crippen LogP) is 2.81. The molecule has 15 heavy (non-hydrogen) atoms. The first-order chi connectivity index (χ1) is 7.34. The van der Waals surface area contributed by atoms with Crippen LogP contribution in [-0.4, -0.2) is 19.8 Å². The summed E-state index contributed by atoms with van der Waals surface area (Å²) < 4.78 is 5.33. The van der Waals surface area contributed by atoms with Crippen LogP contribution in [0.1, 0.15) is 12.8 Å². The van der Waals surface area contributed by atoms with Crippen molar-refractivity contribution < 1.29 is 4.74 Å². The average Bonchev–Trinajstić information content (AvgIpc) is 2.30. The minimum absolute atomic E-state index is 0.759. The van der Waals surface area contributed by atoms with Gasteiger partial charge in [0, 0.05) is 30.3 Å². The number of nitrogens with one attached hydrogen (secondary N) is 1.